The van der Waals surface area contributed by atoms with Gasteiger partial charge in [-0.3, -0.25) is 4.79 Å². The first kappa shape index (κ1) is 23.5. The van der Waals surface area contributed by atoms with E-state index in [-0.39, 0.29) is 5.91 Å². The lowest BCUT2D eigenvalue weighted by Crippen LogP contribution is -2.25. The number of carbonyl (C=O) groups is 1. The van der Waals surface area contributed by atoms with E-state index in [2.05, 4.69) is 56.1 Å². The van der Waals surface area contributed by atoms with Gasteiger partial charge < -0.3 is 15.0 Å². The van der Waals surface area contributed by atoms with Gasteiger partial charge in [0.05, 0.1) is 0 Å². The van der Waals surface area contributed by atoms with Gasteiger partial charge in [0.1, 0.15) is 5.75 Å². The minimum absolute atomic E-state index is 0.106. The number of hydrogen-bond donors (Lipinski definition) is 1. The van der Waals surface area contributed by atoms with Gasteiger partial charge in [-0.25, -0.2) is 0 Å². The van der Waals surface area contributed by atoms with Crippen molar-refractivity contribution in [3.8, 4) is 5.75 Å². The largest absolute Gasteiger partial charge is 0.442 e. The number of amides is 1. The molecule has 1 aliphatic rings. The van der Waals surface area contributed by atoms with E-state index >= 15 is 0 Å². The molecule has 0 aliphatic heterocycles. The number of rotatable bonds is 9. The molecule has 1 atom stereocenters. The Morgan fingerprint density at radius 2 is 1.90 bits per heavy atom. The lowest BCUT2D eigenvalue weighted by atomic mass is 9.89. The zero-order valence-corrected chi connectivity index (χ0v) is 19.1. The summed E-state index contributed by atoms with van der Waals surface area (Å²) in [6.07, 6.45) is 13.5. The highest BCUT2D eigenvalue weighted by Gasteiger charge is 2.16. The molecule has 0 fully saturated rings. The standard InChI is InChI=1S/C26H36N2O2/c1-6-10-15-24(23-14-12-11-13-20(23)5)27-26(29)21-16-18-22(19-17-21)30-25(7-2)28(8-3)9-4/h7,10,12,14-20H,6,8-9,11,13H2,1-5H3,(H,27,29)/b15-10-,24-23+,25-7-. The average molecular weight is 409 g/mol. The summed E-state index contributed by atoms with van der Waals surface area (Å²) in [5.74, 6) is 1.87. The van der Waals surface area contributed by atoms with E-state index in [4.69, 9.17) is 4.74 Å². The third kappa shape index (κ3) is 6.38. The van der Waals surface area contributed by atoms with E-state index in [0.717, 1.165) is 49.7 Å². The number of ether oxygens (including phenoxy) is 1. The molecular formula is C26H36N2O2. The van der Waals surface area contributed by atoms with Crippen LogP contribution in [0.3, 0.4) is 0 Å². The van der Waals surface area contributed by atoms with Crippen molar-refractivity contribution in [2.45, 2.75) is 53.9 Å². The maximum atomic E-state index is 12.9. The highest BCUT2D eigenvalue weighted by Crippen LogP contribution is 2.26. The molecule has 1 aliphatic carbocycles. The van der Waals surface area contributed by atoms with Gasteiger partial charge >= 0.3 is 0 Å². The summed E-state index contributed by atoms with van der Waals surface area (Å²) in [5, 5.41) is 3.12. The smallest absolute Gasteiger partial charge is 0.255 e. The molecule has 1 amide bonds. The number of carbonyl (C=O) groups excluding carboxylic acids is 1. The molecule has 0 saturated heterocycles. The molecule has 1 unspecified atom stereocenters. The Balaban J connectivity index is 2.16. The van der Waals surface area contributed by atoms with Crippen LogP contribution in [0, 0.1) is 5.92 Å². The summed E-state index contributed by atoms with van der Waals surface area (Å²) in [6.45, 7) is 12.2. The second kappa shape index (κ2) is 12.1. The lowest BCUT2D eigenvalue weighted by Gasteiger charge is -2.24. The van der Waals surface area contributed by atoms with Crippen LogP contribution in [0.5, 0.6) is 5.75 Å². The van der Waals surface area contributed by atoms with Crippen molar-refractivity contribution in [3.63, 3.8) is 0 Å². The minimum Gasteiger partial charge on any atom is -0.442 e. The number of allylic oxidation sites excluding steroid dienone is 6. The number of nitrogens with zero attached hydrogens (tertiary/aromatic N) is 1. The van der Waals surface area contributed by atoms with Gasteiger partial charge in [-0.1, -0.05) is 32.1 Å². The van der Waals surface area contributed by atoms with E-state index in [9.17, 15) is 4.79 Å². The van der Waals surface area contributed by atoms with Crippen molar-refractivity contribution in [2.75, 3.05) is 13.1 Å². The summed E-state index contributed by atoms with van der Waals surface area (Å²) < 4.78 is 6.01. The fourth-order valence-corrected chi connectivity index (χ4v) is 3.51. The summed E-state index contributed by atoms with van der Waals surface area (Å²) >= 11 is 0. The van der Waals surface area contributed by atoms with Crippen molar-refractivity contribution < 1.29 is 9.53 Å². The topological polar surface area (TPSA) is 41.6 Å². The quantitative estimate of drug-likeness (QED) is 0.494. The first-order valence-corrected chi connectivity index (χ1v) is 11.1. The van der Waals surface area contributed by atoms with Gasteiger partial charge in [-0.2, -0.15) is 0 Å². The van der Waals surface area contributed by atoms with Crippen LogP contribution < -0.4 is 10.1 Å². The van der Waals surface area contributed by atoms with E-state index in [1.54, 1.807) is 0 Å². The molecule has 30 heavy (non-hydrogen) atoms. The van der Waals surface area contributed by atoms with Crippen molar-refractivity contribution in [3.05, 3.63) is 77.4 Å². The molecule has 0 aromatic heterocycles. The Labute approximate surface area is 182 Å². The third-order valence-electron chi connectivity index (χ3n) is 5.34. The van der Waals surface area contributed by atoms with Crippen LogP contribution in [0.4, 0.5) is 0 Å². The van der Waals surface area contributed by atoms with Gasteiger partial charge in [-0.15, -0.1) is 0 Å². The molecule has 0 saturated carbocycles. The first-order valence-electron chi connectivity index (χ1n) is 11.1. The van der Waals surface area contributed by atoms with Crippen LogP contribution in [-0.2, 0) is 0 Å². The van der Waals surface area contributed by atoms with Crippen molar-refractivity contribution in [1.29, 1.82) is 0 Å². The summed E-state index contributed by atoms with van der Waals surface area (Å²) in [7, 11) is 0. The molecule has 0 bridgehead atoms. The van der Waals surface area contributed by atoms with E-state index in [0.29, 0.717) is 11.5 Å². The molecule has 1 aromatic rings. The van der Waals surface area contributed by atoms with E-state index in [1.807, 2.05) is 43.3 Å². The van der Waals surface area contributed by atoms with Crippen LogP contribution in [0.2, 0.25) is 0 Å². The molecule has 0 spiro atoms. The predicted molar refractivity (Wildman–Crippen MR) is 125 cm³/mol. The molecule has 1 N–H and O–H groups in total. The maximum absolute atomic E-state index is 12.9. The fraction of sp³-hybridized carbons (Fsp3) is 0.423. The molecule has 0 heterocycles. The molecule has 4 heteroatoms. The highest BCUT2D eigenvalue weighted by molar-refractivity contribution is 5.95. The van der Waals surface area contributed by atoms with Crippen molar-refractivity contribution in [2.24, 2.45) is 5.92 Å². The highest BCUT2D eigenvalue weighted by atomic mass is 16.5. The monoisotopic (exact) mass is 408 g/mol. The molecule has 4 nitrogen and oxygen atoms in total. The Morgan fingerprint density at radius 3 is 2.47 bits per heavy atom. The van der Waals surface area contributed by atoms with Gasteiger partial charge in [0.2, 0.25) is 0 Å². The van der Waals surface area contributed by atoms with Crippen molar-refractivity contribution in [1.82, 2.24) is 10.2 Å². The Bertz CT molecular complexity index is 812. The van der Waals surface area contributed by atoms with Gasteiger partial charge in [-0.05, 0) is 87.9 Å². The maximum Gasteiger partial charge on any atom is 0.255 e. The zero-order chi connectivity index (χ0) is 21.9. The zero-order valence-electron chi connectivity index (χ0n) is 19.1. The normalized spacial score (nSPS) is 18.4. The van der Waals surface area contributed by atoms with Crippen molar-refractivity contribution >= 4 is 5.91 Å². The Kier molecular flexibility index (Phi) is 9.46. The van der Waals surface area contributed by atoms with E-state index in [1.165, 1.54) is 5.57 Å². The Morgan fingerprint density at radius 1 is 1.20 bits per heavy atom. The minimum atomic E-state index is -0.106. The number of hydrogen-bond acceptors (Lipinski definition) is 3. The lowest BCUT2D eigenvalue weighted by molar-refractivity contribution is 0.0966. The molecule has 162 valence electrons. The Hall–Kier alpha value is -2.75. The number of nitrogens with one attached hydrogen (secondary N) is 1. The predicted octanol–water partition coefficient (Wildman–Crippen LogP) is 6.20. The van der Waals surface area contributed by atoms with Crippen LogP contribution >= 0.6 is 0 Å². The molecule has 0 radical (unpaired) electrons. The van der Waals surface area contributed by atoms with Crippen LogP contribution in [0.15, 0.2) is 71.8 Å². The van der Waals surface area contributed by atoms with E-state index < -0.39 is 0 Å². The van der Waals surface area contributed by atoms with Gasteiger partial charge in [0, 0.05) is 24.4 Å². The first-order chi connectivity index (χ1) is 14.5. The van der Waals surface area contributed by atoms with Crippen LogP contribution in [0.25, 0.3) is 0 Å². The summed E-state index contributed by atoms with van der Waals surface area (Å²) in [5.41, 5.74) is 2.70. The fourth-order valence-electron chi connectivity index (χ4n) is 3.51. The van der Waals surface area contributed by atoms with Gasteiger partial charge in [0.25, 0.3) is 5.91 Å². The second-order valence-corrected chi connectivity index (χ2v) is 7.44. The molecule has 2 rings (SSSR count). The number of benzene rings is 1. The summed E-state index contributed by atoms with van der Waals surface area (Å²) in [4.78, 5) is 15.0. The molecular weight excluding hydrogens is 372 g/mol. The average Bonchev–Trinajstić information content (AvgIpc) is 2.77. The SMILES string of the molecule is C/C=C(\Oc1ccc(C(=O)NC(/C=C\CC)=C2\C=CCCC2C)cc1)N(CC)CC. The van der Waals surface area contributed by atoms with Gasteiger partial charge in [0.15, 0.2) is 5.88 Å². The van der Waals surface area contributed by atoms with Crippen LogP contribution in [0.1, 0.15) is 64.2 Å². The third-order valence-corrected chi connectivity index (χ3v) is 5.34. The summed E-state index contributed by atoms with van der Waals surface area (Å²) in [6, 6.07) is 7.32. The molecule has 1 aromatic carbocycles. The second-order valence-electron chi connectivity index (χ2n) is 7.44. The van der Waals surface area contributed by atoms with Crippen LogP contribution in [-0.4, -0.2) is 23.9 Å².